The molecule has 1 radical (unpaired) electrons. The van der Waals surface area contributed by atoms with Gasteiger partial charge in [0.15, 0.2) is 0 Å². The molecule has 0 aromatic rings. The normalized spacial score (nSPS) is 0.750. The van der Waals surface area contributed by atoms with E-state index in [1.807, 2.05) is 0 Å². The molecule has 1 nitrogen and oxygen atoms in total. The third-order valence-corrected chi connectivity index (χ3v) is 0. The van der Waals surface area contributed by atoms with Crippen LogP contribution in [0.15, 0.2) is 0 Å². The van der Waals surface area contributed by atoms with Gasteiger partial charge in [-0.2, -0.15) is 0 Å². The van der Waals surface area contributed by atoms with E-state index in [4.69, 9.17) is 3.67 Å². The average molecular weight is 338 g/mol. The van der Waals surface area contributed by atoms with Gasteiger partial charge in [-0.3, -0.25) is 0 Å². The zero-order valence-corrected chi connectivity index (χ0v) is 9.83. The predicted molar refractivity (Wildman–Crippen MR) is 10.6 cm³/mol. The van der Waals surface area contributed by atoms with Crippen molar-refractivity contribution in [3.8, 4) is 0 Å². The van der Waals surface area contributed by atoms with Crippen molar-refractivity contribution in [2.24, 2.45) is 0 Å². The van der Waals surface area contributed by atoms with E-state index < -0.39 is 0 Å². The zero-order chi connectivity index (χ0) is 2.00. The molecule has 28 valence electrons. The summed E-state index contributed by atoms with van der Waals surface area (Å²) in [6.45, 7) is 0. The number of hydrogen-bond donors (Lipinski definition) is 0. The van der Waals surface area contributed by atoms with Gasteiger partial charge >= 0.3 is 47.2 Å². The quantitative estimate of drug-likeness (QED) is 0.502. The van der Waals surface area contributed by atoms with Gasteiger partial charge in [0, 0.05) is 16.8 Å². The van der Waals surface area contributed by atoms with Gasteiger partial charge < -0.3 is 0 Å². The maximum absolute atomic E-state index is 8.19. The van der Waals surface area contributed by atoms with Gasteiger partial charge in [-0.05, 0) is 0 Å². The standard InChI is InChI=1S/Bi.Co.O.V.3H. The Balaban J connectivity index is -0.00000000500. The van der Waals surface area contributed by atoms with Crippen LogP contribution in [-0.4, -0.2) is 26.2 Å². The van der Waals surface area contributed by atoms with E-state index in [0.717, 1.165) is 17.4 Å². The molecule has 0 N–H and O–H groups in total. The number of hydrogen-bond acceptors (Lipinski definition) is 1. The molecule has 0 saturated carbocycles. The second kappa shape index (κ2) is 21.6. The van der Waals surface area contributed by atoms with E-state index in [1.54, 1.807) is 0 Å². The predicted octanol–water partition coefficient (Wildman–Crippen LogP) is -1.31. The first-order chi connectivity index (χ1) is 1.00. The van der Waals surface area contributed by atoms with Crippen LogP contribution >= 0.6 is 0 Å². The second-order valence-corrected chi connectivity index (χ2v) is 0. The van der Waals surface area contributed by atoms with Crippen LogP contribution in [0.1, 0.15) is 0 Å². The molecule has 0 aromatic carbocycles. The van der Waals surface area contributed by atoms with Crippen LogP contribution in [-0.2, 0) is 37.8 Å². The summed E-state index contributed by atoms with van der Waals surface area (Å²) in [4.78, 5) is 0. The number of rotatable bonds is 0. The fourth-order valence-corrected chi connectivity index (χ4v) is 0. The van der Waals surface area contributed by atoms with Crippen LogP contribution in [0.4, 0.5) is 0 Å². The first kappa shape index (κ1) is 17.1. The Bertz CT molecular complexity index is 8.00. The molecule has 0 rings (SSSR count). The van der Waals surface area contributed by atoms with Crippen molar-refractivity contribution in [2.75, 3.05) is 0 Å². The summed E-state index contributed by atoms with van der Waals surface area (Å²) < 4.78 is 8.19. The van der Waals surface area contributed by atoms with Crippen LogP contribution in [0.2, 0.25) is 0 Å². The zero-order valence-electron chi connectivity index (χ0n) is 1.90. The summed E-state index contributed by atoms with van der Waals surface area (Å²) >= 11 is 1.06. The van der Waals surface area contributed by atoms with Crippen molar-refractivity contribution in [1.29, 1.82) is 0 Å². The van der Waals surface area contributed by atoms with E-state index >= 15 is 0 Å². The molecular formula is H3BiCoOV. The van der Waals surface area contributed by atoms with Crippen LogP contribution in [0.5, 0.6) is 0 Å². The van der Waals surface area contributed by atoms with E-state index in [9.17, 15) is 0 Å². The molecule has 4 heavy (non-hydrogen) atoms. The second-order valence-electron chi connectivity index (χ2n) is 0. The minimum absolute atomic E-state index is 0. The fraction of sp³-hybridized carbons (Fsp3) is 0. The van der Waals surface area contributed by atoms with Crippen LogP contribution < -0.4 is 0 Å². The van der Waals surface area contributed by atoms with Crippen molar-refractivity contribution in [1.82, 2.24) is 0 Å². The molecule has 0 spiro atoms. The van der Waals surface area contributed by atoms with E-state index in [-0.39, 0.29) is 43.0 Å². The first-order valence-corrected chi connectivity index (χ1v) is 0.753. The van der Waals surface area contributed by atoms with Crippen molar-refractivity contribution < 1.29 is 37.8 Å². The van der Waals surface area contributed by atoms with Gasteiger partial charge in [0.1, 0.15) is 0 Å². The molecule has 4 heteroatoms. The van der Waals surface area contributed by atoms with E-state index in [2.05, 4.69) is 0 Å². The van der Waals surface area contributed by atoms with Gasteiger partial charge in [-0.25, -0.2) is 0 Å². The van der Waals surface area contributed by atoms with Gasteiger partial charge in [-0.1, -0.05) is 0 Å². The molecule has 0 saturated heterocycles. The molecule has 0 aliphatic carbocycles. The molecule has 0 aromatic heterocycles. The van der Waals surface area contributed by atoms with Crippen LogP contribution in [0.3, 0.4) is 0 Å². The fourth-order valence-electron chi connectivity index (χ4n) is 0. The van der Waals surface area contributed by atoms with Gasteiger partial charge in [0.25, 0.3) is 0 Å². The Hall–Kier alpha value is 1.77. The summed E-state index contributed by atoms with van der Waals surface area (Å²) in [7, 11) is 0. The molecule has 0 atom stereocenters. The van der Waals surface area contributed by atoms with E-state index in [1.165, 1.54) is 0 Å². The summed E-state index contributed by atoms with van der Waals surface area (Å²) in [5.74, 6) is 0. The minimum atomic E-state index is 0. The Morgan fingerprint density at radius 3 is 1.25 bits per heavy atom. The van der Waals surface area contributed by atoms with Gasteiger partial charge in [0.2, 0.25) is 0 Å². The van der Waals surface area contributed by atoms with Crippen LogP contribution in [0, 0.1) is 0 Å². The van der Waals surface area contributed by atoms with Crippen LogP contribution in [0.25, 0.3) is 0 Å². The molecule has 0 bridgehead atoms. The Morgan fingerprint density at radius 2 is 1.25 bits per heavy atom. The third kappa shape index (κ3) is 9.23. The topological polar surface area (TPSA) is 17.1 Å². The molecule has 0 aliphatic heterocycles. The van der Waals surface area contributed by atoms with Gasteiger partial charge in [-0.15, -0.1) is 0 Å². The Labute approximate surface area is 63.4 Å². The molecule has 0 heterocycles. The Kier molecular flexibility index (Phi) is 92.4. The van der Waals surface area contributed by atoms with Gasteiger partial charge in [0.05, 0.1) is 0 Å². The van der Waals surface area contributed by atoms with Crippen molar-refractivity contribution >= 4 is 26.2 Å². The monoisotopic (exact) mass is 338 g/mol. The summed E-state index contributed by atoms with van der Waals surface area (Å²) in [5.41, 5.74) is 0. The Morgan fingerprint density at radius 1 is 1.25 bits per heavy atom. The summed E-state index contributed by atoms with van der Waals surface area (Å²) in [5, 5.41) is 0. The molecule has 0 amide bonds. The van der Waals surface area contributed by atoms with Crippen molar-refractivity contribution in [3.05, 3.63) is 0 Å². The molecule has 0 unspecified atom stereocenters. The molecule has 0 aliphatic rings. The van der Waals surface area contributed by atoms with Crippen molar-refractivity contribution in [2.45, 2.75) is 0 Å². The average Bonchev–Trinajstić information content (AvgIpc) is 1.00. The maximum atomic E-state index is 8.19. The van der Waals surface area contributed by atoms with E-state index in [0.29, 0.717) is 0 Å². The summed E-state index contributed by atoms with van der Waals surface area (Å²) in [6, 6.07) is 0. The molecule has 0 fully saturated rings. The van der Waals surface area contributed by atoms with Crippen molar-refractivity contribution in [3.63, 3.8) is 0 Å². The SMILES string of the molecule is [BiH3].[Co].[O]=[V]. The summed E-state index contributed by atoms with van der Waals surface area (Å²) in [6.07, 6.45) is 0. The first-order valence-electron chi connectivity index (χ1n) is 0.183. The third-order valence-electron chi connectivity index (χ3n) is 0. The molecular weight excluding hydrogens is 335 g/mol.